The molecule has 1 saturated carbocycles. The van der Waals surface area contributed by atoms with E-state index in [9.17, 15) is 14.7 Å². The fourth-order valence-corrected chi connectivity index (χ4v) is 2.65. The zero-order chi connectivity index (χ0) is 14.0. The van der Waals surface area contributed by atoms with Crippen molar-refractivity contribution in [2.75, 3.05) is 13.2 Å². The lowest BCUT2D eigenvalue weighted by molar-refractivity contribution is -0.00876. The summed E-state index contributed by atoms with van der Waals surface area (Å²) in [5.41, 5.74) is 0.451. The van der Waals surface area contributed by atoms with Gasteiger partial charge < -0.3 is 10.2 Å². The van der Waals surface area contributed by atoms with Crippen LogP contribution in [0.1, 0.15) is 18.0 Å². The van der Waals surface area contributed by atoms with E-state index in [1.807, 2.05) is 0 Å². The Morgan fingerprint density at radius 3 is 2.74 bits per heavy atom. The lowest BCUT2D eigenvalue weighted by atomic mass is 9.70. The topological polar surface area (TPSA) is 95.3 Å². The van der Waals surface area contributed by atoms with Crippen LogP contribution in [0.25, 0.3) is 6.08 Å². The van der Waals surface area contributed by atoms with Gasteiger partial charge in [-0.15, -0.1) is 0 Å². The van der Waals surface area contributed by atoms with Crippen LogP contribution >= 0.6 is 11.6 Å². The standard InChI is InChI=1S/C12H15ClN2O4/c13-2-1-7-4-15(12(19)14-11(7)18)10-3-8(5-16)9(10)6-17/h1-2,4,8-10,16-17H,3,5-6H2,(H,14,18,19)/b2-1+/t8-,9-,10?/m1/s1. The molecule has 0 spiro atoms. The molecular weight excluding hydrogens is 272 g/mol. The van der Waals surface area contributed by atoms with Crippen LogP contribution in [0.5, 0.6) is 0 Å². The lowest BCUT2D eigenvalue weighted by Crippen LogP contribution is -2.47. The van der Waals surface area contributed by atoms with Gasteiger partial charge in [0.05, 0.1) is 5.56 Å². The first-order valence-electron chi connectivity index (χ1n) is 5.96. The van der Waals surface area contributed by atoms with Gasteiger partial charge in [-0.3, -0.25) is 14.3 Å². The van der Waals surface area contributed by atoms with Crippen LogP contribution in [-0.2, 0) is 0 Å². The van der Waals surface area contributed by atoms with Crippen molar-refractivity contribution in [1.29, 1.82) is 0 Å². The molecule has 1 heterocycles. The highest BCUT2D eigenvalue weighted by atomic mass is 35.5. The van der Waals surface area contributed by atoms with Gasteiger partial charge in [0.1, 0.15) is 0 Å². The van der Waals surface area contributed by atoms with E-state index in [1.165, 1.54) is 22.4 Å². The minimum Gasteiger partial charge on any atom is -0.396 e. The number of hydrogen-bond donors (Lipinski definition) is 3. The Bertz CT molecular complexity index is 592. The van der Waals surface area contributed by atoms with E-state index in [0.29, 0.717) is 6.42 Å². The van der Waals surface area contributed by atoms with Gasteiger partial charge in [0.15, 0.2) is 0 Å². The fraction of sp³-hybridized carbons (Fsp3) is 0.500. The molecule has 1 fully saturated rings. The molecule has 0 saturated heterocycles. The molecule has 3 atom stereocenters. The molecule has 0 amide bonds. The van der Waals surface area contributed by atoms with Gasteiger partial charge in [0.2, 0.25) is 0 Å². The van der Waals surface area contributed by atoms with Gasteiger partial charge in [-0.25, -0.2) is 4.79 Å². The van der Waals surface area contributed by atoms with Crippen molar-refractivity contribution < 1.29 is 10.2 Å². The molecule has 2 rings (SSSR count). The smallest absolute Gasteiger partial charge is 0.328 e. The lowest BCUT2D eigenvalue weighted by Gasteiger charge is -2.43. The molecule has 6 nitrogen and oxygen atoms in total. The van der Waals surface area contributed by atoms with Gasteiger partial charge in [-0.2, -0.15) is 0 Å². The van der Waals surface area contributed by atoms with E-state index in [0.717, 1.165) is 0 Å². The number of halogens is 1. The van der Waals surface area contributed by atoms with Gasteiger partial charge in [-0.1, -0.05) is 11.6 Å². The molecule has 104 valence electrons. The fourth-order valence-electron chi connectivity index (χ4n) is 2.51. The van der Waals surface area contributed by atoms with Crippen molar-refractivity contribution in [3.05, 3.63) is 38.1 Å². The number of nitrogens with zero attached hydrogens (tertiary/aromatic N) is 1. The Labute approximate surface area is 114 Å². The molecular formula is C12H15ClN2O4. The molecule has 1 aromatic rings. The summed E-state index contributed by atoms with van der Waals surface area (Å²) in [5.74, 6) is -0.192. The second kappa shape index (κ2) is 5.73. The number of aliphatic hydroxyl groups excluding tert-OH is 2. The first kappa shape index (κ1) is 14.0. The average Bonchev–Trinajstić information content (AvgIpc) is 2.34. The van der Waals surface area contributed by atoms with E-state index in [4.69, 9.17) is 16.7 Å². The van der Waals surface area contributed by atoms with Crippen LogP contribution in [0.4, 0.5) is 0 Å². The normalized spacial score (nSPS) is 26.6. The summed E-state index contributed by atoms with van der Waals surface area (Å²) in [5, 5.41) is 18.4. The Balaban J connectivity index is 2.38. The molecule has 1 aliphatic rings. The summed E-state index contributed by atoms with van der Waals surface area (Å²) in [6.45, 7) is -0.129. The molecule has 1 unspecified atom stereocenters. The Hall–Kier alpha value is -1.37. The predicted molar refractivity (Wildman–Crippen MR) is 71.0 cm³/mol. The zero-order valence-corrected chi connectivity index (χ0v) is 10.9. The Morgan fingerprint density at radius 1 is 1.42 bits per heavy atom. The molecule has 0 aliphatic heterocycles. The van der Waals surface area contributed by atoms with E-state index in [1.54, 1.807) is 0 Å². The molecule has 7 heteroatoms. The summed E-state index contributed by atoms with van der Waals surface area (Å²) in [4.78, 5) is 25.5. The molecule has 19 heavy (non-hydrogen) atoms. The molecule has 1 aromatic heterocycles. The summed E-state index contributed by atoms with van der Waals surface area (Å²) < 4.78 is 1.39. The Kier molecular flexibility index (Phi) is 4.24. The SMILES string of the molecule is O=c1[nH]c(=O)n(C2C[C@H](CO)[C@H]2CO)cc1/C=C/Cl. The number of aromatic amines is 1. The number of hydrogen-bond acceptors (Lipinski definition) is 4. The van der Waals surface area contributed by atoms with Gasteiger partial charge in [0, 0.05) is 36.9 Å². The minimum atomic E-state index is -0.517. The summed E-state index contributed by atoms with van der Waals surface area (Å²) >= 11 is 5.44. The minimum absolute atomic E-state index is 0.0131. The largest absolute Gasteiger partial charge is 0.396 e. The maximum atomic E-state index is 11.8. The number of H-pyrrole nitrogens is 1. The van der Waals surface area contributed by atoms with E-state index >= 15 is 0 Å². The highest BCUT2D eigenvalue weighted by Crippen LogP contribution is 2.42. The maximum Gasteiger partial charge on any atom is 0.328 e. The van der Waals surface area contributed by atoms with Crippen LogP contribution in [0, 0.1) is 11.8 Å². The average molecular weight is 287 g/mol. The monoisotopic (exact) mass is 286 g/mol. The van der Waals surface area contributed by atoms with Crippen LogP contribution in [0.15, 0.2) is 21.3 Å². The first-order chi connectivity index (χ1) is 9.12. The highest BCUT2D eigenvalue weighted by molar-refractivity contribution is 6.27. The quantitative estimate of drug-likeness (QED) is 0.721. The third-order valence-electron chi connectivity index (χ3n) is 3.68. The van der Waals surface area contributed by atoms with Crippen LogP contribution in [0.2, 0.25) is 0 Å². The third kappa shape index (κ3) is 2.51. The van der Waals surface area contributed by atoms with Crippen molar-refractivity contribution in [2.45, 2.75) is 12.5 Å². The van der Waals surface area contributed by atoms with Crippen molar-refractivity contribution >= 4 is 17.7 Å². The molecule has 3 N–H and O–H groups in total. The van der Waals surface area contributed by atoms with Gasteiger partial charge in [0.25, 0.3) is 5.56 Å². The maximum absolute atomic E-state index is 11.8. The summed E-state index contributed by atoms with van der Waals surface area (Å²) in [6, 6.07) is -0.214. The van der Waals surface area contributed by atoms with Crippen LogP contribution in [0.3, 0.4) is 0 Å². The zero-order valence-electron chi connectivity index (χ0n) is 10.1. The highest BCUT2D eigenvalue weighted by Gasteiger charge is 2.41. The van der Waals surface area contributed by atoms with Crippen molar-refractivity contribution in [3.63, 3.8) is 0 Å². The molecule has 0 aromatic carbocycles. The van der Waals surface area contributed by atoms with Crippen molar-refractivity contribution in [3.8, 4) is 0 Å². The summed E-state index contributed by atoms with van der Waals surface area (Å²) in [6.07, 6.45) is 3.42. The van der Waals surface area contributed by atoms with Crippen molar-refractivity contribution in [2.24, 2.45) is 11.8 Å². The Morgan fingerprint density at radius 2 is 2.16 bits per heavy atom. The first-order valence-corrected chi connectivity index (χ1v) is 6.40. The second-order valence-corrected chi connectivity index (χ2v) is 4.89. The van der Waals surface area contributed by atoms with Crippen LogP contribution < -0.4 is 11.2 Å². The van der Waals surface area contributed by atoms with E-state index in [-0.39, 0.29) is 36.7 Å². The van der Waals surface area contributed by atoms with Gasteiger partial charge >= 0.3 is 5.69 Å². The third-order valence-corrected chi connectivity index (χ3v) is 3.81. The molecule has 0 bridgehead atoms. The predicted octanol–water partition coefficient (Wildman–Crippen LogP) is -0.0921. The van der Waals surface area contributed by atoms with E-state index in [2.05, 4.69) is 4.98 Å². The van der Waals surface area contributed by atoms with Crippen LogP contribution in [-0.4, -0.2) is 33.0 Å². The number of aromatic nitrogens is 2. The number of aliphatic hydroxyl groups is 2. The van der Waals surface area contributed by atoms with E-state index < -0.39 is 11.2 Å². The number of nitrogens with one attached hydrogen (secondary N) is 1. The van der Waals surface area contributed by atoms with Crippen molar-refractivity contribution in [1.82, 2.24) is 9.55 Å². The molecule has 0 radical (unpaired) electrons. The number of rotatable bonds is 4. The van der Waals surface area contributed by atoms with Gasteiger partial charge in [-0.05, 0) is 18.4 Å². The summed E-state index contributed by atoms with van der Waals surface area (Å²) in [7, 11) is 0. The second-order valence-electron chi connectivity index (χ2n) is 4.64. The molecule has 1 aliphatic carbocycles.